The molecule has 0 aliphatic carbocycles. The van der Waals surface area contributed by atoms with E-state index in [2.05, 4.69) is 15.3 Å². The van der Waals surface area contributed by atoms with Crippen LogP contribution < -0.4 is 0 Å². The first-order chi connectivity index (χ1) is 11.3. The number of nitrogens with zero attached hydrogens (tertiary/aromatic N) is 4. The van der Waals surface area contributed by atoms with Crippen LogP contribution in [0.25, 0.3) is 0 Å². The molecule has 130 valence electrons. The third-order valence-electron chi connectivity index (χ3n) is 4.13. The van der Waals surface area contributed by atoms with Crippen molar-refractivity contribution in [3.05, 3.63) is 34.4 Å². The molecule has 0 saturated carbocycles. The van der Waals surface area contributed by atoms with Gasteiger partial charge in [0, 0.05) is 37.9 Å². The van der Waals surface area contributed by atoms with Gasteiger partial charge in [-0.05, 0) is 18.9 Å². The molecule has 6 nitrogen and oxygen atoms in total. The van der Waals surface area contributed by atoms with Crippen molar-refractivity contribution in [2.75, 3.05) is 13.1 Å². The van der Waals surface area contributed by atoms with Crippen LogP contribution in [0.4, 0.5) is 13.2 Å². The van der Waals surface area contributed by atoms with Gasteiger partial charge in [0.1, 0.15) is 10.7 Å². The van der Waals surface area contributed by atoms with Crippen molar-refractivity contribution in [3.63, 3.8) is 0 Å². The van der Waals surface area contributed by atoms with E-state index in [0.717, 1.165) is 23.2 Å². The van der Waals surface area contributed by atoms with Crippen molar-refractivity contribution >= 4 is 17.5 Å². The number of aryl methyl sites for hydroxylation is 1. The van der Waals surface area contributed by atoms with E-state index >= 15 is 0 Å². The summed E-state index contributed by atoms with van der Waals surface area (Å²) in [4.78, 5) is 14.2. The Labute approximate surface area is 140 Å². The Morgan fingerprint density at radius 2 is 2.21 bits per heavy atom. The van der Waals surface area contributed by atoms with E-state index in [1.165, 1.54) is 11.9 Å². The Hall–Kier alpha value is -2.03. The number of rotatable bonds is 2. The van der Waals surface area contributed by atoms with Crippen molar-refractivity contribution in [1.29, 1.82) is 0 Å². The summed E-state index contributed by atoms with van der Waals surface area (Å²) in [5.41, 5.74) is -0.578. The number of alkyl halides is 3. The van der Waals surface area contributed by atoms with Crippen LogP contribution in [0.1, 0.15) is 40.6 Å². The number of carbonyl (C=O) groups excluding carboxylic acids is 1. The molecule has 1 atom stereocenters. The number of aromatic nitrogens is 4. The molecule has 10 heteroatoms. The second-order valence-electron chi connectivity index (χ2n) is 5.73. The second kappa shape index (κ2) is 6.12. The number of carbonyl (C=O) groups is 1. The molecule has 0 radical (unpaired) electrons. The number of amides is 1. The van der Waals surface area contributed by atoms with Gasteiger partial charge in [0.15, 0.2) is 5.69 Å². The largest absolute Gasteiger partial charge is 0.436 e. The Morgan fingerprint density at radius 1 is 1.46 bits per heavy atom. The zero-order valence-electron chi connectivity index (χ0n) is 12.8. The lowest BCUT2D eigenvalue weighted by Crippen LogP contribution is -2.40. The summed E-state index contributed by atoms with van der Waals surface area (Å²) in [5, 5.41) is 9.48. The maximum Gasteiger partial charge on any atom is 0.436 e. The summed E-state index contributed by atoms with van der Waals surface area (Å²) >= 11 is 5.80. The summed E-state index contributed by atoms with van der Waals surface area (Å²) < 4.78 is 39.6. The fourth-order valence-corrected chi connectivity index (χ4v) is 3.32. The molecule has 1 saturated heterocycles. The van der Waals surface area contributed by atoms with Gasteiger partial charge in [0.2, 0.25) is 0 Å². The predicted molar refractivity (Wildman–Crippen MR) is 79.7 cm³/mol. The number of hydrogen-bond donors (Lipinski definition) is 1. The fourth-order valence-electron chi connectivity index (χ4n) is 2.97. The van der Waals surface area contributed by atoms with Crippen molar-refractivity contribution in [2.24, 2.45) is 7.05 Å². The van der Waals surface area contributed by atoms with Crippen LogP contribution in [0.3, 0.4) is 0 Å². The Balaban J connectivity index is 1.85. The quantitative estimate of drug-likeness (QED) is 0.894. The smallest absolute Gasteiger partial charge is 0.337 e. The highest BCUT2D eigenvalue weighted by atomic mass is 35.5. The predicted octanol–water partition coefficient (Wildman–Crippen LogP) is 2.84. The number of piperidine rings is 1. The van der Waals surface area contributed by atoms with E-state index in [4.69, 9.17) is 11.6 Å². The molecule has 0 bridgehead atoms. The molecule has 0 aromatic carbocycles. The molecule has 1 aliphatic rings. The van der Waals surface area contributed by atoms with Crippen molar-refractivity contribution in [3.8, 4) is 0 Å². The van der Waals surface area contributed by atoms with Crippen LogP contribution in [-0.2, 0) is 13.2 Å². The van der Waals surface area contributed by atoms with E-state index in [-0.39, 0.29) is 11.6 Å². The SMILES string of the molecule is Cn1nc(C(F)(F)F)c(Cl)c1C(=O)N1CCC[C@@H](c2ccn[nH]2)C1. The Morgan fingerprint density at radius 3 is 2.79 bits per heavy atom. The summed E-state index contributed by atoms with van der Waals surface area (Å²) in [6.07, 6.45) is -1.45. The molecule has 24 heavy (non-hydrogen) atoms. The van der Waals surface area contributed by atoms with E-state index in [1.807, 2.05) is 6.07 Å². The van der Waals surface area contributed by atoms with Crippen LogP contribution >= 0.6 is 11.6 Å². The Kier molecular flexibility index (Phi) is 4.29. The number of aromatic amines is 1. The summed E-state index contributed by atoms with van der Waals surface area (Å²) in [5.74, 6) is -0.478. The average molecular weight is 362 g/mol. The number of nitrogens with one attached hydrogen (secondary N) is 1. The van der Waals surface area contributed by atoms with Crippen molar-refractivity contribution in [1.82, 2.24) is 24.9 Å². The monoisotopic (exact) mass is 361 g/mol. The molecular formula is C14H15ClF3N5O. The molecule has 2 aromatic rings. The number of halogens is 4. The second-order valence-corrected chi connectivity index (χ2v) is 6.11. The fraction of sp³-hybridized carbons (Fsp3) is 0.500. The highest BCUT2D eigenvalue weighted by molar-refractivity contribution is 6.34. The van der Waals surface area contributed by atoms with Gasteiger partial charge in [-0.1, -0.05) is 11.6 Å². The van der Waals surface area contributed by atoms with Gasteiger partial charge in [-0.25, -0.2) is 0 Å². The lowest BCUT2D eigenvalue weighted by molar-refractivity contribution is -0.141. The summed E-state index contributed by atoms with van der Waals surface area (Å²) in [6.45, 7) is 0.857. The first kappa shape index (κ1) is 16.8. The van der Waals surface area contributed by atoms with Gasteiger partial charge >= 0.3 is 6.18 Å². The number of hydrogen-bond acceptors (Lipinski definition) is 3. The lowest BCUT2D eigenvalue weighted by atomic mass is 9.94. The highest BCUT2D eigenvalue weighted by Gasteiger charge is 2.40. The van der Waals surface area contributed by atoms with Crippen LogP contribution in [0.2, 0.25) is 5.02 Å². The minimum Gasteiger partial charge on any atom is -0.337 e. The molecule has 3 rings (SSSR count). The van der Waals surface area contributed by atoms with Crippen LogP contribution in [0, 0.1) is 0 Å². The molecule has 1 aliphatic heterocycles. The maximum absolute atomic E-state index is 12.9. The van der Waals surface area contributed by atoms with Gasteiger partial charge < -0.3 is 4.90 Å². The molecular weight excluding hydrogens is 347 g/mol. The van der Waals surface area contributed by atoms with E-state index in [9.17, 15) is 18.0 Å². The van der Waals surface area contributed by atoms with Crippen LogP contribution in [-0.4, -0.2) is 43.9 Å². The molecule has 1 fully saturated rings. The van der Waals surface area contributed by atoms with Gasteiger partial charge in [0.05, 0.1) is 0 Å². The minimum atomic E-state index is -4.70. The molecule has 1 amide bonds. The topological polar surface area (TPSA) is 66.8 Å². The zero-order valence-corrected chi connectivity index (χ0v) is 13.5. The minimum absolute atomic E-state index is 0.0688. The van der Waals surface area contributed by atoms with Gasteiger partial charge in [-0.2, -0.15) is 23.4 Å². The van der Waals surface area contributed by atoms with Gasteiger partial charge in [-0.3, -0.25) is 14.6 Å². The molecule has 2 aromatic heterocycles. The van der Waals surface area contributed by atoms with Crippen molar-refractivity contribution < 1.29 is 18.0 Å². The standard InChI is InChI=1S/C14H15ClF3N5O/c1-22-11(10(15)12(21-22)14(16,17)18)13(24)23-6-2-3-8(7-23)9-4-5-19-20-9/h4-5,8H,2-3,6-7H2,1H3,(H,19,20)/t8-/m1/s1. The van der Waals surface area contributed by atoms with Gasteiger partial charge in [-0.15, -0.1) is 0 Å². The van der Waals surface area contributed by atoms with Crippen molar-refractivity contribution in [2.45, 2.75) is 24.9 Å². The molecule has 0 unspecified atom stereocenters. The normalized spacial score (nSPS) is 18.9. The third kappa shape index (κ3) is 3.00. The van der Waals surface area contributed by atoms with Gasteiger partial charge in [0.25, 0.3) is 5.91 Å². The van der Waals surface area contributed by atoms with Crippen LogP contribution in [0.5, 0.6) is 0 Å². The summed E-state index contributed by atoms with van der Waals surface area (Å²) in [6, 6.07) is 1.83. The maximum atomic E-state index is 12.9. The number of likely N-dealkylation sites (tertiary alicyclic amines) is 1. The molecule has 1 N–H and O–H groups in total. The zero-order chi connectivity index (χ0) is 17.5. The molecule has 0 spiro atoms. The third-order valence-corrected chi connectivity index (χ3v) is 4.49. The van der Waals surface area contributed by atoms with Crippen LogP contribution in [0.15, 0.2) is 12.3 Å². The molecule has 3 heterocycles. The van der Waals surface area contributed by atoms with E-state index in [0.29, 0.717) is 13.1 Å². The Bertz CT molecular complexity index is 740. The highest BCUT2D eigenvalue weighted by Crippen LogP contribution is 2.36. The first-order valence-corrected chi connectivity index (χ1v) is 7.75. The van der Waals surface area contributed by atoms with E-state index < -0.39 is 22.8 Å². The van der Waals surface area contributed by atoms with E-state index in [1.54, 1.807) is 6.20 Å². The first-order valence-electron chi connectivity index (χ1n) is 7.37. The summed E-state index contributed by atoms with van der Waals surface area (Å²) in [7, 11) is 1.28. The average Bonchev–Trinajstić information content (AvgIpc) is 3.15. The lowest BCUT2D eigenvalue weighted by Gasteiger charge is -2.32. The number of H-pyrrole nitrogens is 1.